The third-order valence-corrected chi connectivity index (χ3v) is 4.53. The molecule has 1 aromatic carbocycles. The third-order valence-electron chi connectivity index (χ3n) is 4.53. The predicted octanol–water partition coefficient (Wildman–Crippen LogP) is 3.48. The van der Waals surface area contributed by atoms with Crippen LogP contribution in [0, 0.1) is 5.92 Å². The number of piperidine rings is 1. The van der Waals surface area contributed by atoms with Crippen molar-refractivity contribution in [2.45, 2.75) is 46.0 Å². The molecule has 1 aliphatic rings. The number of benzene rings is 1. The minimum absolute atomic E-state index is 0.0631. The standard InChI is InChI=1S/C19H28N2O2/c1-3-4-5-12-20-18(22)16-6-8-17(9-7-16)19(23)21-13-10-15(2)11-14-21/h6-9,15H,3-5,10-14H2,1-2H3,(H,20,22). The van der Waals surface area contributed by atoms with E-state index in [1.807, 2.05) is 4.90 Å². The van der Waals surface area contributed by atoms with Gasteiger partial charge in [0.15, 0.2) is 0 Å². The molecular formula is C19H28N2O2. The summed E-state index contributed by atoms with van der Waals surface area (Å²) in [4.78, 5) is 26.4. The molecule has 0 saturated carbocycles. The summed E-state index contributed by atoms with van der Waals surface area (Å²) in [6.45, 7) is 6.74. The second-order valence-corrected chi connectivity index (χ2v) is 6.52. The molecule has 0 aliphatic carbocycles. The summed E-state index contributed by atoms with van der Waals surface area (Å²) < 4.78 is 0. The highest BCUT2D eigenvalue weighted by Crippen LogP contribution is 2.18. The van der Waals surface area contributed by atoms with Crippen LogP contribution in [0.1, 0.15) is 66.7 Å². The maximum atomic E-state index is 12.5. The van der Waals surface area contributed by atoms with Crippen molar-refractivity contribution in [3.8, 4) is 0 Å². The van der Waals surface area contributed by atoms with E-state index in [0.717, 1.165) is 45.2 Å². The number of hydrogen-bond acceptors (Lipinski definition) is 2. The van der Waals surface area contributed by atoms with Crippen molar-refractivity contribution in [2.24, 2.45) is 5.92 Å². The fourth-order valence-corrected chi connectivity index (χ4v) is 2.84. The first kappa shape index (κ1) is 17.5. The van der Waals surface area contributed by atoms with Gasteiger partial charge in [0, 0.05) is 30.8 Å². The van der Waals surface area contributed by atoms with Crippen LogP contribution in [0.25, 0.3) is 0 Å². The van der Waals surface area contributed by atoms with Gasteiger partial charge in [0.25, 0.3) is 11.8 Å². The van der Waals surface area contributed by atoms with Crippen LogP contribution in [-0.2, 0) is 0 Å². The molecule has 0 bridgehead atoms. The molecule has 0 aromatic heterocycles. The van der Waals surface area contributed by atoms with Crippen LogP contribution in [0.2, 0.25) is 0 Å². The summed E-state index contributed by atoms with van der Waals surface area (Å²) in [5.41, 5.74) is 1.28. The average Bonchev–Trinajstić information content (AvgIpc) is 2.59. The molecule has 0 unspecified atom stereocenters. The van der Waals surface area contributed by atoms with E-state index in [1.165, 1.54) is 0 Å². The highest BCUT2D eigenvalue weighted by atomic mass is 16.2. The molecule has 1 saturated heterocycles. The van der Waals surface area contributed by atoms with Crippen LogP contribution in [0.4, 0.5) is 0 Å². The number of rotatable bonds is 6. The fraction of sp³-hybridized carbons (Fsp3) is 0.579. The zero-order valence-corrected chi connectivity index (χ0v) is 14.3. The van der Waals surface area contributed by atoms with E-state index in [4.69, 9.17) is 0 Å². The number of unbranched alkanes of at least 4 members (excludes halogenated alkanes) is 2. The number of nitrogens with zero attached hydrogens (tertiary/aromatic N) is 1. The zero-order valence-electron chi connectivity index (χ0n) is 14.3. The van der Waals surface area contributed by atoms with Gasteiger partial charge in [0.1, 0.15) is 0 Å². The minimum atomic E-state index is -0.0631. The lowest BCUT2D eigenvalue weighted by Gasteiger charge is -2.30. The first-order chi connectivity index (χ1) is 11.1. The van der Waals surface area contributed by atoms with Gasteiger partial charge in [-0.1, -0.05) is 26.7 Å². The molecule has 4 heteroatoms. The quantitative estimate of drug-likeness (QED) is 0.817. The Kier molecular flexibility index (Phi) is 6.63. The van der Waals surface area contributed by atoms with Crippen LogP contribution in [-0.4, -0.2) is 36.3 Å². The van der Waals surface area contributed by atoms with Gasteiger partial charge in [-0.15, -0.1) is 0 Å². The molecule has 0 atom stereocenters. The Balaban J connectivity index is 1.88. The molecule has 1 aliphatic heterocycles. The lowest BCUT2D eigenvalue weighted by atomic mass is 9.98. The molecular weight excluding hydrogens is 288 g/mol. The molecule has 2 amide bonds. The van der Waals surface area contributed by atoms with Gasteiger partial charge in [-0.2, -0.15) is 0 Å². The highest BCUT2D eigenvalue weighted by Gasteiger charge is 2.21. The van der Waals surface area contributed by atoms with E-state index in [0.29, 0.717) is 23.6 Å². The lowest BCUT2D eigenvalue weighted by Crippen LogP contribution is -2.37. The van der Waals surface area contributed by atoms with Gasteiger partial charge in [0.2, 0.25) is 0 Å². The summed E-state index contributed by atoms with van der Waals surface area (Å²) in [5.74, 6) is 0.719. The highest BCUT2D eigenvalue weighted by molar-refractivity contribution is 5.97. The van der Waals surface area contributed by atoms with Gasteiger partial charge in [-0.05, 0) is 49.4 Å². The Bertz CT molecular complexity index is 517. The Hall–Kier alpha value is -1.84. The normalized spacial score (nSPS) is 15.5. The van der Waals surface area contributed by atoms with Crippen molar-refractivity contribution in [3.05, 3.63) is 35.4 Å². The van der Waals surface area contributed by atoms with Crippen molar-refractivity contribution in [2.75, 3.05) is 19.6 Å². The van der Waals surface area contributed by atoms with Crippen LogP contribution in [0.15, 0.2) is 24.3 Å². The summed E-state index contributed by atoms with van der Waals surface area (Å²) in [6.07, 6.45) is 5.42. The monoisotopic (exact) mass is 316 g/mol. The van der Waals surface area contributed by atoms with Crippen molar-refractivity contribution in [1.29, 1.82) is 0 Å². The van der Waals surface area contributed by atoms with E-state index >= 15 is 0 Å². The smallest absolute Gasteiger partial charge is 0.253 e. The first-order valence-electron chi connectivity index (χ1n) is 8.79. The van der Waals surface area contributed by atoms with Crippen LogP contribution >= 0.6 is 0 Å². The van der Waals surface area contributed by atoms with Crippen LogP contribution in [0.5, 0.6) is 0 Å². The Labute approximate surface area is 139 Å². The maximum Gasteiger partial charge on any atom is 0.253 e. The molecule has 126 valence electrons. The third kappa shape index (κ3) is 5.08. The van der Waals surface area contributed by atoms with Gasteiger partial charge >= 0.3 is 0 Å². The van der Waals surface area contributed by atoms with Gasteiger partial charge < -0.3 is 10.2 Å². The van der Waals surface area contributed by atoms with E-state index in [2.05, 4.69) is 19.2 Å². The van der Waals surface area contributed by atoms with Crippen LogP contribution in [0.3, 0.4) is 0 Å². The summed E-state index contributed by atoms with van der Waals surface area (Å²) in [6, 6.07) is 7.02. The van der Waals surface area contributed by atoms with Crippen LogP contribution < -0.4 is 5.32 Å². The van der Waals surface area contributed by atoms with Crippen molar-refractivity contribution in [3.63, 3.8) is 0 Å². The van der Waals surface area contributed by atoms with Crippen molar-refractivity contribution in [1.82, 2.24) is 10.2 Å². The fourth-order valence-electron chi connectivity index (χ4n) is 2.84. The number of carbonyl (C=O) groups is 2. The lowest BCUT2D eigenvalue weighted by molar-refractivity contribution is 0.0696. The van der Waals surface area contributed by atoms with E-state index in [-0.39, 0.29) is 11.8 Å². The van der Waals surface area contributed by atoms with E-state index in [1.54, 1.807) is 24.3 Å². The maximum absolute atomic E-state index is 12.5. The largest absolute Gasteiger partial charge is 0.352 e. The van der Waals surface area contributed by atoms with Crippen molar-refractivity contribution >= 4 is 11.8 Å². The Morgan fingerprint density at radius 1 is 1.09 bits per heavy atom. The Morgan fingerprint density at radius 2 is 1.70 bits per heavy atom. The average molecular weight is 316 g/mol. The summed E-state index contributed by atoms with van der Waals surface area (Å²) in [5, 5.41) is 2.92. The molecule has 1 aromatic rings. The molecule has 1 fully saturated rings. The number of carbonyl (C=O) groups excluding carboxylic acids is 2. The van der Waals surface area contributed by atoms with Gasteiger partial charge in [0.05, 0.1) is 0 Å². The number of hydrogen-bond donors (Lipinski definition) is 1. The number of nitrogens with one attached hydrogen (secondary N) is 1. The van der Waals surface area contributed by atoms with Crippen molar-refractivity contribution < 1.29 is 9.59 Å². The first-order valence-corrected chi connectivity index (χ1v) is 8.79. The zero-order chi connectivity index (χ0) is 16.7. The van der Waals surface area contributed by atoms with E-state index in [9.17, 15) is 9.59 Å². The van der Waals surface area contributed by atoms with E-state index < -0.39 is 0 Å². The summed E-state index contributed by atoms with van der Waals surface area (Å²) in [7, 11) is 0. The number of likely N-dealkylation sites (tertiary alicyclic amines) is 1. The molecule has 0 radical (unpaired) electrons. The Morgan fingerprint density at radius 3 is 2.30 bits per heavy atom. The molecule has 0 spiro atoms. The number of amides is 2. The minimum Gasteiger partial charge on any atom is -0.352 e. The SMILES string of the molecule is CCCCCNC(=O)c1ccc(C(=O)N2CCC(C)CC2)cc1. The second kappa shape index (κ2) is 8.70. The molecule has 2 rings (SSSR count). The molecule has 4 nitrogen and oxygen atoms in total. The second-order valence-electron chi connectivity index (χ2n) is 6.52. The molecule has 1 N–H and O–H groups in total. The molecule has 23 heavy (non-hydrogen) atoms. The summed E-state index contributed by atoms with van der Waals surface area (Å²) >= 11 is 0. The topological polar surface area (TPSA) is 49.4 Å². The predicted molar refractivity (Wildman–Crippen MR) is 92.6 cm³/mol. The van der Waals surface area contributed by atoms with Gasteiger partial charge in [-0.25, -0.2) is 0 Å². The molecule has 1 heterocycles. The van der Waals surface area contributed by atoms with Gasteiger partial charge in [-0.3, -0.25) is 9.59 Å².